The number of aromatic nitrogens is 2. The Bertz CT molecular complexity index is 1080. The molecule has 0 bridgehead atoms. The minimum atomic E-state index is -0.878. The number of hydrogen-bond donors (Lipinski definition) is 0. The Morgan fingerprint density at radius 2 is 1.89 bits per heavy atom. The van der Waals surface area contributed by atoms with E-state index in [4.69, 9.17) is 25.8 Å². The van der Waals surface area contributed by atoms with Crippen molar-refractivity contribution in [1.82, 2.24) is 9.97 Å². The number of carbonyl (C=O) groups is 1. The van der Waals surface area contributed by atoms with Crippen LogP contribution < -0.4 is 0 Å². The molecule has 0 N–H and O–H groups in total. The van der Waals surface area contributed by atoms with E-state index in [1.165, 1.54) is 12.1 Å². The van der Waals surface area contributed by atoms with Crippen LogP contribution in [0.3, 0.4) is 0 Å². The van der Waals surface area contributed by atoms with E-state index in [9.17, 15) is 9.18 Å². The molecule has 0 radical (unpaired) electrons. The number of nitrogens with zero attached hydrogens (tertiary/aromatic N) is 2. The zero-order valence-electron chi connectivity index (χ0n) is 21.4. The summed E-state index contributed by atoms with van der Waals surface area (Å²) < 4.78 is 31.1. The minimum absolute atomic E-state index is 0.0707. The summed E-state index contributed by atoms with van der Waals surface area (Å²) in [6.07, 6.45) is 3.79. The standard InChI is InChI=1S/C27H34ClFN2O4/c1-16(2)23-21(24(31-25(28)30-23)17-8-10-18(29)11-9-17)13-12-19-14-20(34-27(6,7)33-19)15-22(32)35-26(3,4)5/h8-13,16,19-20H,14-15H2,1-7H3/b13-12+. The summed E-state index contributed by atoms with van der Waals surface area (Å²) in [6.45, 7) is 13.2. The molecule has 2 heterocycles. The normalized spacial score (nSPS) is 20.4. The largest absolute Gasteiger partial charge is 0.460 e. The van der Waals surface area contributed by atoms with Gasteiger partial charge >= 0.3 is 5.97 Å². The van der Waals surface area contributed by atoms with Gasteiger partial charge in [-0.05, 0) is 76.4 Å². The van der Waals surface area contributed by atoms with Crippen molar-refractivity contribution in [1.29, 1.82) is 0 Å². The zero-order chi connectivity index (χ0) is 26.0. The van der Waals surface area contributed by atoms with Crippen LogP contribution in [0.1, 0.15) is 78.5 Å². The molecule has 1 aromatic carbocycles. The van der Waals surface area contributed by atoms with Gasteiger partial charge in [0.2, 0.25) is 5.28 Å². The van der Waals surface area contributed by atoms with E-state index in [0.29, 0.717) is 12.1 Å². The maximum atomic E-state index is 13.5. The second kappa shape index (κ2) is 10.7. The Kier molecular flexibility index (Phi) is 8.35. The van der Waals surface area contributed by atoms with E-state index >= 15 is 0 Å². The Hall–Kier alpha value is -2.35. The topological polar surface area (TPSA) is 70.5 Å². The van der Waals surface area contributed by atoms with Gasteiger partial charge in [-0.1, -0.05) is 26.0 Å². The minimum Gasteiger partial charge on any atom is -0.460 e. The predicted molar refractivity (Wildman–Crippen MR) is 134 cm³/mol. The second-order valence-electron chi connectivity index (χ2n) is 10.5. The van der Waals surface area contributed by atoms with Gasteiger partial charge < -0.3 is 14.2 Å². The summed E-state index contributed by atoms with van der Waals surface area (Å²) in [6, 6.07) is 6.11. The fourth-order valence-electron chi connectivity index (χ4n) is 4.06. The molecule has 0 spiro atoms. The van der Waals surface area contributed by atoms with Crippen LogP contribution in [-0.4, -0.2) is 39.5 Å². The monoisotopic (exact) mass is 504 g/mol. The summed E-state index contributed by atoms with van der Waals surface area (Å²) >= 11 is 6.24. The highest BCUT2D eigenvalue weighted by Crippen LogP contribution is 2.33. The molecule has 1 aromatic heterocycles. The third kappa shape index (κ3) is 7.82. The highest BCUT2D eigenvalue weighted by molar-refractivity contribution is 6.28. The Morgan fingerprint density at radius 1 is 1.23 bits per heavy atom. The van der Waals surface area contributed by atoms with Gasteiger partial charge in [-0.25, -0.2) is 14.4 Å². The van der Waals surface area contributed by atoms with Crippen LogP contribution in [0.5, 0.6) is 0 Å². The summed E-state index contributed by atoms with van der Waals surface area (Å²) in [5, 5.41) is 0.131. The fourth-order valence-corrected chi connectivity index (χ4v) is 4.23. The van der Waals surface area contributed by atoms with Crippen molar-refractivity contribution in [2.24, 2.45) is 0 Å². The molecule has 190 valence electrons. The summed E-state index contributed by atoms with van der Waals surface area (Å²) in [5.74, 6) is -1.45. The van der Waals surface area contributed by atoms with E-state index in [0.717, 1.165) is 16.8 Å². The maximum Gasteiger partial charge on any atom is 0.308 e. The van der Waals surface area contributed by atoms with Gasteiger partial charge in [-0.15, -0.1) is 0 Å². The molecule has 1 saturated heterocycles. The third-order valence-electron chi connectivity index (χ3n) is 5.29. The first-order chi connectivity index (χ1) is 16.2. The smallest absolute Gasteiger partial charge is 0.308 e. The number of esters is 1. The Morgan fingerprint density at radius 3 is 2.49 bits per heavy atom. The van der Waals surface area contributed by atoms with Gasteiger partial charge in [-0.2, -0.15) is 0 Å². The van der Waals surface area contributed by atoms with Crippen LogP contribution in [0.25, 0.3) is 17.3 Å². The lowest BCUT2D eigenvalue weighted by Gasteiger charge is -2.39. The number of rotatable bonds is 6. The average molecular weight is 505 g/mol. The Balaban J connectivity index is 1.91. The highest BCUT2D eigenvalue weighted by atomic mass is 35.5. The molecule has 2 atom stereocenters. The first-order valence-corrected chi connectivity index (χ1v) is 12.2. The molecule has 1 fully saturated rings. The number of halogens is 2. The molecule has 35 heavy (non-hydrogen) atoms. The van der Waals surface area contributed by atoms with E-state index in [2.05, 4.69) is 9.97 Å². The molecule has 1 aliphatic heterocycles. The SMILES string of the molecule is CC(C)c1nc(Cl)nc(-c2ccc(F)cc2)c1/C=C/C1CC(CC(=O)OC(C)(C)C)OC(C)(C)O1. The van der Waals surface area contributed by atoms with Crippen molar-refractivity contribution in [2.45, 2.75) is 90.8 Å². The van der Waals surface area contributed by atoms with Crippen LogP contribution in [0.4, 0.5) is 4.39 Å². The lowest BCUT2D eigenvalue weighted by molar-refractivity contribution is -0.290. The Labute approximate surface area is 211 Å². The van der Waals surface area contributed by atoms with E-state index in [-0.39, 0.29) is 41.6 Å². The predicted octanol–water partition coefficient (Wildman–Crippen LogP) is 6.71. The summed E-state index contributed by atoms with van der Waals surface area (Å²) in [4.78, 5) is 21.3. The molecule has 2 aromatic rings. The van der Waals surface area contributed by atoms with Crippen LogP contribution in [-0.2, 0) is 19.0 Å². The van der Waals surface area contributed by atoms with Gasteiger partial charge in [-0.3, -0.25) is 4.79 Å². The molecule has 0 amide bonds. The average Bonchev–Trinajstić information content (AvgIpc) is 2.70. The van der Waals surface area contributed by atoms with Crippen molar-refractivity contribution in [3.63, 3.8) is 0 Å². The third-order valence-corrected chi connectivity index (χ3v) is 5.45. The molecule has 1 aliphatic rings. The van der Waals surface area contributed by atoms with Crippen molar-refractivity contribution in [2.75, 3.05) is 0 Å². The van der Waals surface area contributed by atoms with Gasteiger partial charge in [0.15, 0.2) is 5.79 Å². The number of hydrogen-bond acceptors (Lipinski definition) is 6. The highest BCUT2D eigenvalue weighted by Gasteiger charge is 2.36. The van der Waals surface area contributed by atoms with E-state index in [1.807, 2.05) is 60.6 Å². The quantitative estimate of drug-likeness (QED) is 0.321. The van der Waals surface area contributed by atoms with Gasteiger partial charge in [0.25, 0.3) is 0 Å². The van der Waals surface area contributed by atoms with Crippen molar-refractivity contribution in [3.8, 4) is 11.3 Å². The van der Waals surface area contributed by atoms with E-state index < -0.39 is 11.4 Å². The lowest BCUT2D eigenvalue weighted by Crippen LogP contribution is -2.45. The number of ether oxygens (including phenoxy) is 3. The molecule has 3 rings (SSSR count). The van der Waals surface area contributed by atoms with Gasteiger partial charge in [0.1, 0.15) is 11.4 Å². The molecule has 8 heteroatoms. The summed E-state index contributed by atoms with van der Waals surface area (Å²) in [7, 11) is 0. The van der Waals surface area contributed by atoms with Crippen molar-refractivity contribution < 1.29 is 23.4 Å². The summed E-state index contributed by atoms with van der Waals surface area (Å²) in [5.41, 5.74) is 2.34. The van der Waals surface area contributed by atoms with E-state index in [1.54, 1.807) is 12.1 Å². The maximum absolute atomic E-state index is 13.5. The van der Waals surface area contributed by atoms with Crippen LogP contribution in [0, 0.1) is 5.82 Å². The molecule has 6 nitrogen and oxygen atoms in total. The number of benzene rings is 1. The van der Waals surface area contributed by atoms with Crippen LogP contribution in [0.15, 0.2) is 30.3 Å². The lowest BCUT2D eigenvalue weighted by atomic mass is 9.97. The fraction of sp³-hybridized carbons (Fsp3) is 0.519. The zero-order valence-corrected chi connectivity index (χ0v) is 22.1. The molecular formula is C27H34ClFN2O4. The van der Waals surface area contributed by atoms with Crippen molar-refractivity contribution in [3.05, 3.63) is 52.7 Å². The van der Waals surface area contributed by atoms with Gasteiger partial charge in [0, 0.05) is 17.5 Å². The first-order valence-electron chi connectivity index (χ1n) is 11.8. The molecule has 2 unspecified atom stereocenters. The molecule has 0 aliphatic carbocycles. The number of carbonyl (C=O) groups excluding carboxylic acids is 1. The van der Waals surface area contributed by atoms with Crippen LogP contribution in [0.2, 0.25) is 5.28 Å². The molecular weight excluding hydrogens is 471 g/mol. The molecule has 0 saturated carbocycles. The van der Waals surface area contributed by atoms with Gasteiger partial charge in [0.05, 0.1) is 30.0 Å². The first kappa shape index (κ1) is 27.2. The van der Waals surface area contributed by atoms with Crippen LogP contribution >= 0.6 is 11.6 Å². The van der Waals surface area contributed by atoms with Crippen molar-refractivity contribution >= 4 is 23.6 Å². The second-order valence-corrected chi connectivity index (χ2v) is 10.8.